The molecule has 0 saturated carbocycles. The number of carboxylic acid groups (broad SMARTS) is 1. The lowest BCUT2D eigenvalue weighted by molar-refractivity contribution is -0.138. The first-order valence-electron chi connectivity index (χ1n) is 4.68. The van der Waals surface area contributed by atoms with Gasteiger partial charge in [-0.2, -0.15) is 11.8 Å². The van der Waals surface area contributed by atoms with E-state index < -0.39 is 12.0 Å². The zero-order chi connectivity index (χ0) is 11.3. The van der Waals surface area contributed by atoms with E-state index >= 15 is 0 Å². The third kappa shape index (κ3) is 3.93. The molecule has 0 fully saturated rings. The van der Waals surface area contributed by atoms with E-state index in [9.17, 15) is 4.79 Å². The fourth-order valence-corrected chi connectivity index (χ4v) is 1.81. The molecule has 15 heavy (non-hydrogen) atoms. The SMILES string of the molecule is CSCc1ccc(C[C@H](N)C(=O)O)cc1. The minimum Gasteiger partial charge on any atom is -0.480 e. The highest BCUT2D eigenvalue weighted by Crippen LogP contribution is 2.11. The summed E-state index contributed by atoms with van der Waals surface area (Å²) < 4.78 is 0. The molecule has 1 aromatic rings. The van der Waals surface area contributed by atoms with Gasteiger partial charge in [0.1, 0.15) is 6.04 Å². The van der Waals surface area contributed by atoms with Crippen molar-refractivity contribution in [3.05, 3.63) is 35.4 Å². The van der Waals surface area contributed by atoms with Gasteiger partial charge in [0.2, 0.25) is 0 Å². The van der Waals surface area contributed by atoms with Crippen molar-refractivity contribution in [1.82, 2.24) is 0 Å². The van der Waals surface area contributed by atoms with Crippen LogP contribution in [0.15, 0.2) is 24.3 Å². The Bertz CT molecular complexity index is 324. The molecular weight excluding hydrogens is 210 g/mol. The molecular formula is C11H15NO2S. The average Bonchev–Trinajstić information content (AvgIpc) is 2.21. The maximum atomic E-state index is 10.5. The fourth-order valence-electron chi connectivity index (χ4n) is 1.28. The zero-order valence-corrected chi connectivity index (χ0v) is 9.46. The van der Waals surface area contributed by atoms with Gasteiger partial charge in [-0.3, -0.25) is 4.79 Å². The van der Waals surface area contributed by atoms with Gasteiger partial charge < -0.3 is 10.8 Å². The molecule has 0 aliphatic heterocycles. The second kappa shape index (κ2) is 5.78. The topological polar surface area (TPSA) is 63.3 Å². The summed E-state index contributed by atoms with van der Waals surface area (Å²) in [6, 6.07) is 7.10. The van der Waals surface area contributed by atoms with E-state index in [2.05, 4.69) is 0 Å². The maximum absolute atomic E-state index is 10.5. The molecule has 0 saturated heterocycles. The monoisotopic (exact) mass is 225 g/mol. The summed E-state index contributed by atoms with van der Waals surface area (Å²) in [5, 5.41) is 8.65. The third-order valence-electron chi connectivity index (χ3n) is 2.11. The normalized spacial score (nSPS) is 12.4. The van der Waals surface area contributed by atoms with Crippen molar-refractivity contribution in [1.29, 1.82) is 0 Å². The average molecular weight is 225 g/mol. The van der Waals surface area contributed by atoms with Crippen molar-refractivity contribution in [2.45, 2.75) is 18.2 Å². The number of hydrogen-bond donors (Lipinski definition) is 2. The molecule has 0 aromatic heterocycles. The number of hydrogen-bond acceptors (Lipinski definition) is 3. The van der Waals surface area contributed by atoms with E-state index in [1.807, 2.05) is 30.5 Å². The highest BCUT2D eigenvalue weighted by Gasteiger charge is 2.11. The molecule has 0 aliphatic carbocycles. The highest BCUT2D eigenvalue weighted by atomic mass is 32.2. The Kier molecular flexibility index (Phi) is 4.65. The number of carboxylic acids is 1. The Morgan fingerprint density at radius 3 is 2.40 bits per heavy atom. The van der Waals surface area contributed by atoms with Crippen LogP contribution in [-0.4, -0.2) is 23.4 Å². The number of thioether (sulfide) groups is 1. The molecule has 0 radical (unpaired) electrons. The molecule has 4 heteroatoms. The van der Waals surface area contributed by atoms with Crippen LogP contribution in [0.3, 0.4) is 0 Å². The molecule has 82 valence electrons. The molecule has 0 bridgehead atoms. The quantitative estimate of drug-likeness (QED) is 0.797. The first-order chi connectivity index (χ1) is 7.13. The smallest absolute Gasteiger partial charge is 0.320 e. The Morgan fingerprint density at radius 2 is 1.93 bits per heavy atom. The van der Waals surface area contributed by atoms with Crippen LogP contribution in [0.2, 0.25) is 0 Å². The summed E-state index contributed by atoms with van der Waals surface area (Å²) in [6.45, 7) is 0. The summed E-state index contributed by atoms with van der Waals surface area (Å²) in [7, 11) is 0. The molecule has 1 rings (SSSR count). The number of aliphatic carboxylic acids is 1. The van der Waals surface area contributed by atoms with E-state index in [0.29, 0.717) is 6.42 Å². The molecule has 1 atom stereocenters. The van der Waals surface area contributed by atoms with Crippen LogP contribution in [0.4, 0.5) is 0 Å². The lowest BCUT2D eigenvalue weighted by Gasteiger charge is -2.06. The Morgan fingerprint density at radius 1 is 1.40 bits per heavy atom. The number of carbonyl (C=O) groups is 1. The van der Waals surface area contributed by atoms with Gasteiger partial charge in [-0.25, -0.2) is 0 Å². The van der Waals surface area contributed by atoms with Crippen molar-refractivity contribution in [3.8, 4) is 0 Å². The molecule has 3 nitrogen and oxygen atoms in total. The first-order valence-corrected chi connectivity index (χ1v) is 6.08. The van der Waals surface area contributed by atoms with Gasteiger partial charge in [0.25, 0.3) is 0 Å². The molecule has 0 heterocycles. The second-order valence-corrected chi connectivity index (χ2v) is 4.26. The van der Waals surface area contributed by atoms with Gasteiger partial charge in [0.05, 0.1) is 0 Å². The largest absolute Gasteiger partial charge is 0.480 e. The molecule has 3 N–H and O–H groups in total. The minimum atomic E-state index is -0.955. The number of rotatable bonds is 5. The highest BCUT2D eigenvalue weighted by molar-refractivity contribution is 7.97. The van der Waals surface area contributed by atoms with Crippen molar-refractivity contribution in [2.24, 2.45) is 5.73 Å². The van der Waals surface area contributed by atoms with E-state index in [1.165, 1.54) is 5.56 Å². The standard InChI is InChI=1S/C11H15NO2S/c1-15-7-9-4-2-8(3-5-9)6-10(12)11(13)14/h2-5,10H,6-7,12H2,1H3,(H,13,14)/t10-/m0/s1. The lowest BCUT2D eigenvalue weighted by atomic mass is 10.1. The van der Waals surface area contributed by atoms with Crippen LogP contribution in [0.25, 0.3) is 0 Å². The van der Waals surface area contributed by atoms with Crippen LogP contribution < -0.4 is 5.73 Å². The molecule has 0 aliphatic rings. The van der Waals surface area contributed by atoms with Gasteiger partial charge in [-0.05, 0) is 23.8 Å². The first kappa shape index (κ1) is 12.1. The van der Waals surface area contributed by atoms with Gasteiger partial charge in [-0.15, -0.1) is 0 Å². The summed E-state index contributed by atoms with van der Waals surface area (Å²) in [6.07, 6.45) is 2.43. The van der Waals surface area contributed by atoms with Crippen LogP contribution >= 0.6 is 11.8 Å². The van der Waals surface area contributed by atoms with Crippen LogP contribution in [0.1, 0.15) is 11.1 Å². The van der Waals surface area contributed by atoms with Crippen molar-refractivity contribution < 1.29 is 9.90 Å². The van der Waals surface area contributed by atoms with E-state index in [1.54, 1.807) is 11.8 Å². The molecule has 0 amide bonds. The Hall–Kier alpha value is -1.00. The van der Waals surface area contributed by atoms with Crippen molar-refractivity contribution >= 4 is 17.7 Å². The second-order valence-electron chi connectivity index (χ2n) is 3.40. The van der Waals surface area contributed by atoms with E-state index in [-0.39, 0.29) is 0 Å². The van der Waals surface area contributed by atoms with Gasteiger partial charge in [0.15, 0.2) is 0 Å². The van der Waals surface area contributed by atoms with Crippen molar-refractivity contribution in [2.75, 3.05) is 6.26 Å². The fraction of sp³-hybridized carbons (Fsp3) is 0.364. The predicted octanol–water partition coefficient (Wildman–Crippen LogP) is 1.50. The summed E-state index contributed by atoms with van der Waals surface area (Å²) in [5.41, 5.74) is 7.65. The molecule has 0 spiro atoms. The van der Waals surface area contributed by atoms with Crippen LogP contribution in [-0.2, 0) is 17.0 Å². The lowest BCUT2D eigenvalue weighted by Crippen LogP contribution is -2.32. The third-order valence-corrected chi connectivity index (χ3v) is 2.73. The van der Waals surface area contributed by atoms with Crippen LogP contribution in [0.5, 0.6) is 0 Å². The number of nitrogens with two attached hydrogens (primary N) is 1. The number of benzene rings is 1. The van der Waals surface area contributed by atoms with Gasteiger partial charge >= 0.3 is 5.97 Å². The predicted molar refractivity (Wildman–Crippen MR) is 63.0 cm³/mol. The molecule has 0 unspecified atom stereocenters. The summed E-state index contributed by atoms with van der Waals surface area (Å²) >= 11 is 1.76. The van der Waals surface area contributed by atoms with Gasteiger partial charge in [-0.1, -0.05) is 24.3 Å². The van der Waals surface area contributed by atoms with Crippen molar-refractivity contribution in [3.63, 3.8) is 0 Å². The molecule has 1 aromatic carbocycles. The van der Waals surface area contributed by atoms with E-state index in [0.717, 1.165) is 11.3 Å². The maximum Gasteiger partial charge on any atom is 0.320 e. The van der Waals surface area contributed by atoms with E-state index in [4.69, 9.17) is 10.8 Å². The van der Waals surface area contributed by atoms with Gasteiger partial charge in [0, 0.05) is 5.75 Å². The Labute approximate surface area is 93.7 Å². The Balaban J connectivity index is 2.60. The minimum absolute atomic E-state index is 0.384. The van der Waals surface area contributed by atoms with Crippen LogP contribution in [0, 0.1) is 0 Å². The summed E-state index contributed by atoms with van der Waals surface area (Å²) in [4.78, 5) is 10.5. The zero-order valence-electron chi connectivity index (χ0n) is 8.64. The summed E-state index contributed by atoms with van der Waals surface area (Å²) in [5.74, 6) is 0.0221.